The second-order valence-corrected chi connectivity index (χ2v) is 4.76. The Morgan fingerprint density at radius 1 is 1.37 bits per heavy atom. The summed E-state index contributed by atoms with van der Waals surface area (Å²) in [6.07, 6.45) is 1.98. The molecule has 7 heteroatoms. The minimum atomic E-state index is -0.691. The molecule has 7 nitrogen and oxygen atoms in total. The van der Waals surface area contributed by atoms with Crippen molar-refractivity contribution in [2.24, 2.45) is 0 Å². The lowest BCUT2D eigenvalue weighted by molar-refractivity contribution is -0.182. The Labute approximate surface area is 111 Å². The quantitative estimate of drug-likeness (QED) is 0.669. The van der Waals surface area contributed by atoms with Gasteiger partial charge < -0.3 is 10.1 Å². The number of nitrogens with zero attached hydrogens (tertiary/aromatic N) is 2. The monoisotopic (exact) mass is 269 g/mol. The fraction of sp³-hybridized carbons (Fsp3) is 0.750. The fourth-order valence-corrected chi connectivity index (χ4v) is 2.65. The summed E-state index contributed by atoms with van der Waals surface area (Å²) in [4.78, 5) is 36.3. The minimum absolute atomic E-state index is 0.111. The second-order valence-electron chi connectivity index (χ2n) is 4.76. The van der Waals surface area contributed by atoms with Crippen molar-refractivity contribution in [2.75, 3.05) is 20.7 Å². The second kappa shape index (κ2) is 5.56. The van der Waals surface area contributed by atoms with E-state index in [1.54, 1.807) is 7.05 Å². The van der Waals surface area contributed by atoms with Gasteiger partial charge in [0.2, 0.25) is 5.91 Å². The highest BCUT2D eigenvalue weighted by molar-refractivity contribution is 5.92. The third-order valence-electron chi connectivity index (χ3n) is 3.68. The van der Waals surface area contributed by atoms with E-state index in [2.05, 4.69) is 5.32 Å². The van der Waals surface area contributed by atoms with Gasteiger partial charge in [-0.2, -0.15) is 0 Å². The number of hydrogen-bond donors (Lipinski definition) is 1. The molecule has 2 aliphatic heterocycles. The molecular weight excluding hydrogens is 250 g/mol. The summed E-state index contributed by atoms with van der Waals surface area (Å²) in [7, 11) is 2.97. The average molecular weight is 269 g/mol. The Hall–Kier alpha value is -1.63. The summed E-state index contributed by atoms with van der Waals surface area (Å²) < 4.78 is 4.74. The molecule has 2 saturated heterocycles. The number of esters is 1. The van der Waals surface area contributed by atoms with Gasteiger partial charge in [0.25, 0.3) is 5.91 Å². The molecule has 0 spiro atoms. The van der Waals surface area contributed by atoms with Gasteiger partial charge in [-0.25, -0.2) is 9.80 Å². The fourth-order valence-electron chi connectivity index (χ4n) is 2.65. The topological polar surface area (TPSA) is 79.0 Å². The molecule has 2 heterocycles. The van der Waals surface area contributed by atoms with Crippen LogP contribution in [0.1, 0.15) is 25.7 Å². The number of hydrogen-bond acceptors (Lipinski definition) is 5. The number of nitrogens with one attached hydrogen (secondary N) is 1. The molecule has 2 rings (SSSR count). The van der Waals surface area contributed by atoms with Crippen LogP contribution in [0.25, 0.3) is 0 Å². The maximum atomic E-state index is 12.4. The first-order chi connectivity index (χ1) is 9.10. The zero-order valence-corrected chi connectivity index (χ0v) is 11.2. The Kier molecular flexibility index (Phi) is 4.04. The number of amides is 2. The number of hydrazine groups is 1. The zero-order valence-electron chi connectivity index (χ0n) is 11.2. The maximum absolute atomic E-state index is 12.4. The van der Waals surface area contributed by atoms with Crippen LogP contribution >= 0.6 is 0 Å². The zero-order chi connectivity index (χ0) is 14.0. The van der Waals surface area contributed by atoms with Gasteiger partial charge in [-0.05, 0) is 26.3 Å². The van der Waals surface area contributed by atoms with Crippen LogP contribution in [-0.4, -0.2) is 60.6 Å². The van der Waals surface area contributed by atoms with Gasteiger partial charge in [0.05, 0.1) is 13.2 Å². The first-order valence-electron chi connectivity index (χ1n) is 6.48. The summed E-state index contributed by atoms with van der Waals surface area (Å²) in [5.74, 6) is -0.814. The van der Waals surface area contributed by atoms with Crippen LogP contribution in [0, 0.1) is 0 Å². The van der Waals surface area contributed by atoms with Gasteiger partial charge in [-0.15, -0.1) is 0 Å². The van der Waals surface area contributed by atoms with E-state index in [1.165, 1.54) is 17.1 Å². The largest absolute Gasteiger partial charge is 0.467 e. The molecule has 106 valence electrons. The lowest BCUT2D eigenvalue weighted by atomic mass is 10.1. The van der Waals surface area contributed by atoms with E-state index >= 15 is 0 Å². The molecular formula is C12H19N3O4. The van der Waals surface area contributed by atoms with E-state index in [4.69, 9.17) is 4.74 Å². The normalized spacial score (nSPS) is 27.9. The number of fused-ring (bicyclic) bond motifs is 1. The molecule has 0 aromatic heterocycles. The van der Waals surface area contributed by atoms with Crippen LogP contribution in [0.3, 0.4) is 0 Å². The van der Waals surface area contributed by atoms with E-state index < -0.39 is 18.1 Å². The first-order valence-corrected chi connectivity index (χ1v) is 6.48. The molecule has 2 aliphatic rings. The number of carbonyl (C=O) groups is 3. The van der Waals surface area contributed by atoms with E-state index in [0.29, 0.717) is 32.2 Å². The summed E-state index contributed by atoms with van der Waals surface area (Å²) >= 11 is 0. The van der Waals surface area contributed by atoms with Crippen molar-refractivity contribution >= 4 is 17.8 Å². The number of rotatable bonds is 2. The molecule has 19 heavy (non-hydrogen) atoms. The highest BCUT2D eigenvalue weighted by Gasteiger charge is 2.44. The number of ether oxygens (including phenoxy) is 1. The number of methoxy groups -OCH3 is 1. The SMILES string of the molecule is CNC1CCC(=O)N2CCCC(C(=O)OC)N2C1=O. The van der Waals surface area contributed by atoms with Crippen LogP contribution in [0.4, 0.5) is 0 Å². The first kappa shape index (κ1) is 13.8. The maximum Gasteiger partial charge on any atom is 0.330 e. The van der Waals surface area contributed by atoms with Crippen molar-refractivity contribution in [1.29, 1.82) is 0 Å². The molecule has 0 aromatic carbocycles. The highest BCUT2D eigenvalue weighted by Crippen LogP contribution is 2.25. The van der Waals surface area contributed by atoms with Gasteiger partial charge >= 0.3 is 5.97 Å². The van der Waals surface area contributed by atoms with Gasteiger partial charge in [0.15, 0.2) is 6.04 Å². The molecule has 2 amide bonds. The Bertz CT molecular complexity index is 398. The van der Waals surface area contributed by atoms with Crippen LogP contribution < -0.4 is 5.32 Å². The average Bonchev–Trinajstić information content (AvgIpc) is 2.56. The van der Waals surface area contributed by atoms with Gasteiger partial charge in [-0.3, -0.25) is 14.6 Å². The van der Waals surface area contributed by atoms with Crippen LogP contribution in [0.2, 0.25) is 0 Å². The summed E-state index contributed by atoms with van der Waals surface area (Å²) in [6, 6.07) is -1.12. The van der Waals surface area contributed by atoms with Crippen LogP contribution in [0.15, 0.2) is 0 Å². The number of carbonyl (C=O) groups excluding carboxylic acids is 3. The molecule has 0 bridgehead atoms. The Balaban J connectivity index is 2.33. The standard InChI is InChI=1S/C12H19N3O4/c1-13-8-5-6-10(16)14-7-3-4-9(12(18)19-2)15(14)11(8)17/h8-9,13H,3-7H2,1-2H3. The van der Waals surface area contributed by atoms with Crippen molar-refractivity contribution in [2.45, 2.75) is 37.8 Å². The van der Waals surface area contributed by atoms with Gasteiger partial charge in [0, 0.05) is 13.0 Å². The van der Waals surface area contributed by atoms with Crippen molar-refractivity contribution in [1.82, 2.24) is 15.3 Å². The van der Waals surface area contributed by atoms with E-state index in [1.807, 2.05) is 0 Å². The van der Waals surface area contributed by atoms with Crippen LogP contribution in [-0.2, 0) is 19.1 Å². The Morgan fingerprint density at radius 2 is 2.11 bits per heavy atom. The predicted molar refractivity (Wildman–Crippen MR) is 65.7 cm³/mol. The molecule has 2 fully saturated rings. The third-order valence-corrected chi connectivity index (χ3v) is 3.68. The number of likely N-dealkylation sites (N-methyl/N-ethyl adjacent to an activating group) is 1. The van der Waals surface area contributed by atoms with Crippen molar-refractivity contribution in [3.8, 4) is 0 Å². The molecule has 0 radical (unpaired) electrons. The molecule has 0 saturated carbocycles. The van der Waals surface area contributed by atoms with E-state index in [-0.39, 0.29) is 11.8 Å². The lowest BCUT2D eigenvalue weighted by Gasteiger charge is -2.42. The Morgan fingerprint density at radius 3 is 2.74 bits per heavy atom. The van der Waals surface area contributed by atoms with Crippen molar-refractivity contribution < 1.29 is 19.1 Å². The molecule has 2 unspecified atom stereocenters. The van der Waals surface area contributed by atoms with Crippen LogP contribution in [0.5, 0.6) is 0 Å². The molecule has 1 N–H and O–H groups in total. The lowest BCUT2D eigenvalue weighted by Crippen LogP contribution is -2.61. The molecule has 0 aromatic rings. The van der Waals surface area contributed by atoms with E-state index in [9.17, 15) is 14.4 Å². The van der Waals surface area contributed by atoms with Crippen molar-refractivity contribution in [3.63, 3.8) is 0 Å². The summed E-state index contributed by atoms with van der Waals surface area (Å²) in [6.45, 7) is 0.481. The smallest absolute Gasteiger partial charge is 0.330 e. The van der Waals surface area contributed by atoms with E-state index in [0.717, 1.165) is 0 Å². The molecule has 0 aliphatic carbocycles. The third kappa shape index (κ3) is 2.42. The summed E-state index contributed by atoms with van der Waals surface area (Å²) in [5, 5.41) is 5.61. The molecule has 2 atom stereocenters. The highest BCUT2D eigenvalue weighted by atomic mass is 16.5. The summed E-state index contributed by atoms with van der Waals surface area (Å²) in [5.41, 5.74) is 0. The van der Waals surface area contributed by atoms with Crippen molar-refractivity contribution in [3.05, 3.63) is 0 Å². The van der Waals surface area contributed by atoms with Gasteiger partial charge in [-0.1, -0.05) is 0 Å². The predicted octanol–water partition coefficient (Wildman–Crippen LogP) is -0.724. The minimum Gasteiger partial charge on any atom is -0.467 e. The van der Waals surface area contributed by atoms with Gasteiger partial charge in [0.1, 0.15) is 0 Å².